The van der Waals surface area contributed by atoms with Gasteiger partial charge in [0.2, 0.25) is 5.91 Å². The van der Waals surface area contributed by atoms with Gasteiger partial charge in [-0.25, -0.2) is 4.68 Å². The SMILES string of the molecule is CCC(C)(C)C(=O)NCCOCCn1cc(-c2ccc(N)cc2)nn1. The van der Waals surface area contributed by atoms with Gasteiger partial charge < -0.3 is 15.8 Å². The van der Waals surface area contributed by atoms with E-state index in [0.29, 0.717) is 26.3 Å². The quantitative estimate of drug-likeness (QED) is 0.536. The molecule has 0 bridgehead atoms. The van der Waals surface area contributed by atoms with Crippen molar-refractivity contribution in [1.82, 2.24) is 20.3 Å². The van der Waals surface area contributed by atoms with Crippen molar-refractivity contribution in [3.05, 3.63) is 30.5 Å². The van der Waals surface area contributed by atoms with Gasteiger partial charge in [0.1, 0.15) is 5.69 Å². The molecule has 2 rings (SSSR count). The van der Waals surface area contributed by atoms with Gasteiger partial charge in [0, 0.05) is 23.2 Å². The summed E-state index contributed by atoms with van der Waals surface area (Å²) in [5.74, 6) is 0.0583. The predicted molar refractivity (Wildman–Crippen MR) is 97.8 cm³/mol. The Morgan fingerprint density at radius 1 is 1.28 bits per heavy atom. The molecule has 1 aromatic carbocycles. The molecule has 3 N–H and O–H groups in total. The second-order valence-electron chi connectivity index (χ2n) is 6.59. The van der Waals surface area contributed by atoms with Crippen LogP contribution in [0.2, 0.25) is 0 Å². The molecule has 7 nitrogen and oxygen atoms in total. The lowest BCUT2D eigenvalue weighted by Gasteiger charge is -2.21. The highest BCUT2D eigenvalue weighted by Crippen LogP contribution is 2.19. The summed E-state index contributed by atoms with van der Waals surface area (Å²) in [5.41, 5.74) is 7.84. The third kappa shape index (κ3) is 5.56. The molecule has 25 heavy (non-hydrogen) atoms. The van der Waals surface area contributed by atoms with Crippen molar-refractivity contribution in [3.8, 4) is 11.3 Å². The van der Waals surface area contributed by atoms with Crippen LogP contribution < -0.4 is 11.1 Å². The maximum absolute atomic E-state index is 11.9. The first kappa shape index (κ1) is 18.9. The molecule has 0 fully saturated rings. The van der Waals surface area contributed by atoms with Crippen molar-refractivity contribution in [3.63, 3.8) is 0 Å². The average Bonchev–Trinajstić information content (AvgIpc) is 3.07. The lowest BCUT2D eigenvalue weighted by Crippen LogP contribution is -2.38. The zero-order valence-electron chi connectivity index (χ0n) is 15.2. The number of ether oxygens (including phenoxy) is 1. The number of anilines is 1. The van der Waals surface area contributed by atoms with Crippen LogP contribution >= 0.6 is 0 Å². The second kappa shape index (κ2) is 8.62. The smallest absolute Gasteiger partial charge is 0.225 e. The summed E-state index contributed by atoms with van der Waals surface area (Å²) in [7, 11) is 0. The van der Waals surface area contributed by atoms with Gasteiger partial charge in [-0.1, -0.05) is 38.1 Å². The van der Waals surface area contributed by atoms with Crippen LogP contribution in [-0.2, 0) is 16.1 Å². The number of amides is 1. The monoisotopic (exact) mass is 345 g/mol. The van der Waals surface area contributed by atoms with E-state index < -0.39 is 0 Å². The molecule has 0 radical (unpaired) electrons. The summed E-state index contributed by atoms with van der Waals surface area (Å²) in [6, 6.07) is 7.51. The highest BCUT2D eigenvalue weighted by Gasteiger charge is 2.24. The summed E-state index contributed by atoms with van der Waals surface area (Å²) in [4.78, 5) is 11.9. The van der Waals surface area contributed by atoms with E-state index in [4.69, 9.17) is 10.5 Å². The van der Waals surface area contributed by atoms with Crippen LogP contribution in [0.25, 0.3) is 11.3 Å². The van der Waals surface area contributed by atoms with Crippen LogP contribution in [0.4, 0.5) is 5.69 Å². The van der Waals surface area contributed by atoms with Crippen molar-refractivity contribution < 1.29 is 9.53 Å². The van der Waals surface area contributed by atoms with Crippen LogP contribution in [0, 0.1) is 5.41 Å². The van der Waals surface area contributed by atoms with Gasteiger partial charge in [0.15, 0.2) is 0 Å². The molecule has 0 unspecified atom stereocenters. The largest absolute Gasteiger partial charge is 0.399 e. The molecular weight excluding hydrogens is 318 g/mol. The molecule has 0 aliphatic heterocycles. The van der Waals surface area contributed by atoms with Crippen molar-refractivity contribution >= 4 is 11.6 Å². The fraction of sp³-hybridized carbons (Fsp3) is 0.500. The van der Waals surface area contributed by atoms with Crippen molar-refractivity contribution in [2.24, 2.45) is 5.41 Å². The van der Waals surface area contributed by atoms with E-state index >= 15 is 0 Å². The van der Waals surface area contributed by atoms with Crippen LogP contribution in [0.15, 0.2) is 30.5 Å². The number of nitrogens with two attached hydrogens (primary N) is 1. The maximum atomic E-state index is 11.9. The number of carbonyl (C=O) groups is 1. The minimum Gasteiger partial charge on any atom is -0.399 e. The molecule has 1 aromatic heterocycles. The van der Waals surface area contributed by atoms with Gasteiger partial charge in [-0.2, -0.15) is 0 Å². The van der Waals surface area contributed by atoms with E-state index in [1.165, 1.54) is 0 Å². The lowest BCUT2D eigenvalue weighted by atomic mass is 9.89. The van der Waals surface area contributed by atoms with Crippen LogP contribution in [0.5, 0.6) is 0 Å². The number of aromatic nitrogens is 3. The number of benzene rings is 1. The predicted octanol–water partition coefficient (Wildman–Crippen LogP) is 2.10. The molecule has 0 aliphatic rings. The molecule has 1 amide bonds. The number of hydrogen-bond donors (Lipinski definition) is 2. The lowest BCUT2D eigenvalue weighted by molar-refractivity contribution is -0.129. The number of rotatable bonds is 9. The molecule has 0 aliphatic carbocycles. The van der Waals surface area contributed by atoms with E-state index in [-0.39, 0.29) is 11.3 Å². The van der Waals surface area contributed by atoms with E-state index in [2.05, 4.69) is 15.6 Å². The molecule has 136 valence electrons. The van der Waals surface area contributed by atoms with Crippen molar-refractivity contribution in [2.75, 3.05) is 25.5 Å². The Morgan fingerprint density at radius 3 is 2.68 bits per heavy atom. The topological polar surface area (TPSA) is 95.1 Å². The Balaban J connectivity index is 1.68. The molecule has 2 aromatic rings. The number of hydrogen-bond acceptors (Lipinski definition) is 5. The first-order valence-electron chi connectivity index (χ1n) is 8.54. The minimum absolute atomic E-state index is 0.0583. The average molecular weight is 345 g/mol. The fourth-order valence-corrected chi connectivity index (χ4v) is 2.09. The summed E-state index contributed by atoms with van der Waals surface area (Å²) in [5, 5.41) is 11.1. The van der Waals surface area contributed by atoms with Gasteiger partial charge in [-0.3, -0.25) is 4.79 Å². The van der Waals surface area contributed by atoms with E-state index in [0.717, 1.165) is 23.4 Å². The van der Waals surface area contributed by atoms with E-state index in [9.17, 15) is 4.79 Å². The molecule has 0 saturated carbocycles. The third-order valence-corrected chi connectivity index (χ3v) is 4.24. The zero-order valence-corrected chi connectivity index (χ0v) is 15.2. The van der Waals surface area contributed by atoms with Gasteiger partial charge in [-0.05, 0) is 18.6 Å². The number of nitrogens with zero attached hydrogens (tertiary/aromatic N) is 3. The summed E-state index contributed by atoms with van der Waals surface area (Å²) in [6.07, 6.45) is 2.68. The van der Waals surface area contributed by atoms with Crippen molar-refractivity contribution in [2.45, 2.75) is 33.7 Å². The Labute approximate surface area is 148 Å². The molecular formula is C18H27N5O2. The normalized spacial score (nSPS) is 11.5. The fourth-order valence-electron chi connectivity index (χ4n) is 2.09. The van der Waals surface area contributed by atoms with Gasteiger partial charge >= 0.3 is 0 Å². The Kier molecular flexibility index (Phi) is 6.52. The Morgan fingerprint density at radius 2 is 2.00 bits per heavy atom. The molecule has 7 heteroatoms. The highest BCUT2D eigenvalue weighted by atomic mass is 16.5. The molecule has 0 atom stereocenters. The van der Waals surface area contributed by atoms with Crippen LogP contribution in [-0.4, -0.2) is 40.7 Å². The number of nitrogens with one attached hydrogen (secondary N) is 1. The Hall–Kier alpha value is -2.41. The standard InChI is InChI=1S/C18H27N5O2/c1-4-18(2,3)17(24)20-9-11-25-12-10-23-13-16(21-22-23)14-5-7-15(19)8-6-14/h5-8,13H,4,9-12,19H2,1-3H3,(H,20,24). The van der Waals surface area contributed by atoms with Gasteiger partial charge in [-0.15, -0.1) is 5.10 Å². The van der Waals surface area contributed by atoms with Crippen molar-refractivity contribution in [1.29, 1.82) is 0 Å². The van der Waals surface area contributed by atoms with Gasteiger partial charge in [0.05, 0.1) is 26.0 Å². The second-order valence-corrected chi connectivity index (χ2v) is 6.59. The molecule has 1 heterocycles. The van der Waals surface area contributed by atoms with Gasteiger partial charge in [0.25, 0.3) is 0 Å². The first-order chi connectivity index (χ1) is 11.9. The highest BCUT2D eigenvalue weighted by molar-refractivity contribution is 5.81. The summed E-state index contributed by atoms with van der Waals surface area (Å²) >= 11 is 0. The van der Waals surface area contributed by atoms with E-state index in [1.807, 2.05) is 51.2 Å². The summed E-state index contributed by atoms with van der Waals surface area (Å²) < 4.78 is 7.29. The third-order valence-electron chi connectivity index (χ3n) is 4.24. The molecule has 0 saturated heterocycles. The minimum atomic E-state index is -0.334. The van der Waals surface area contributed by atoms with E-state index in [1.54, 1.807) is 4.68 Å². The van der Waals surface area contributed by atoms with Crippen LogP contribution in [0.3, 0.4) is 0 Å². The summed E-state index contributed by atoms with van der Waals surface area (Å²) in [6.45, 7) is 7.99. The molecule has 0 spiro atoms. The maximum Gasteiger partial charge on any atom is 0.225 e. The number of nitrogen functional groups attached to an aromatic ring is 1. The van der Waals surface area contributed by atoms with Crippen LogP contribution in [0.1, 0.15) is 27.2 Å². The zero-order chi connectivity index (χ0) is 18.3. The number of carbonyl (C=O) groups excluding carboxylic acids is 1. The first-order valence-corrected chi connectivity index (χ1v) is 8.54. The Bertz CT molecular complexity index is 679.